The van der Waals surface area contributed by atoms with Gasteiger partial charge in [-0.3, -0.25) is 9.59 Å². The lowest BCUT2D eigenvalue weighted by Crippen LogP contribution is -2.34. The standard InChI is InChI=1S/C23H26O4S3/c1-22(2,19(24)26-15-17-11-7-5-8-12-17)29-21(28)30-23(3,4)20(25)27-16-18-13-9-6-10-14-18/h5-14H,15-16H2,1-4H3. The van der Waals surface area contributed by atoms with Gasteiger partial charge in [0.05, 0.1) is 0 Å². The molecule has 0 aromatic heterocycles. The molecule has 0 saturated heterocycles. The van der Waals surface area contributed by atoms with Crippen LogP contribution in [0, 0.1) is 0 Å². The molecule has 0 spiro atoms. The molecule has 7 heteroatoms. The number of hydrogen-bond acceptors (Lipinski definition) is 7. The molecule has 0 unspecified atom stereocenters. The maximum absolute atomic E-state index is 12.5. The topological polar surface area (TPSA) is 52.6 Å². The largest absolute Gasteiger partial charge is 0.460 e. The first kappa shape index (κ1) is 24.4. The van der Waals surface area contributed by atoms with Crippen LogP contribution in [0.5, 0.6) is 0 Å². The van der Waals surface area contributed by atoms with Crippen molar-refractivity contribution >= 4 is 51.2 Å². The summed E-state index contributed by atoms with van der Waals surface area (Å²) in [7, 11) is 0. The average Bonchev–Trinajstić information content (AvgIpc) is 2.70. The number of carbonyl (C=O) groups excluding carboxylic acids is 2. The van der Waals surface area contributed by atoms with E-state index < -0.39 is 9.49 Å². The van der Waals surface area contributed by atoms with Crippen LogP contribution < -0.4 is 0 Å². The molecule has 0 amide bonds. The fraction of sp³-hybridized carbons (Fsp3) is 0.348. The molecule has 2 rings (SSSR count). The van der Waals surface area contributed by atoms with Gasteiger partial charge in [0.1, 0.15) is 26.2 Å². The predicted octanol–water partition coefficient (Wildman–Crippen LogP) is 5.78. The number of rotatable bonds is 8. The third kappa shape index (κ3) is 7.78. The molecular formula is C23H26O4S3. The van der Waals surface area contributed by atoms with Crippen LogP contribution in [0.1, 0.15) is 38.8 Å². The van der Waals surface area contributed by atoms with Gasteiger partial charge in [-0.2, -0.15) is 0 Å². The smallest absolute Gasteiger partial charge is 0.322 e. The van der Waals surface area contributed by atoms with E-state index in [1.807, 2.05) is 60.7 Å². The molecule has 0 heterocycles. The quantitative estimate of drug-likeness (QED) is 0.364. The minimum absolute atomic E-state index is 0.209. The summed E-state index contributed by atoms with van der Waals surface area (Å²) in [5, 5.41) is 0. The van der Waals surface area contributed by atoms with E-state index in [0.717, 1.165) is 11.1 Å². The molecule has 0 saturated carbocycles. The second-order valence-corrected chi connectivity index (χ2v) is 12.0. The first-order valence-corrected chi connectivity index (χ1v) is 11.5. The SMILES string of the molecule is CC(C)(SC(=S)SC(C)(C)C(=O)OCc1ccccc1)C(=O)OCc1ccccc1. The van der Waals surface area contributed by atoms with Crippen molar-refractivity contribution in [3.05, 3.63) is 71.8 Å². The first-order chi connectivity index (χ1) is 14.1. The Morgan fingerprint density at radius 2 is 1.07 bits per heavy atom. The zero-order valence-electron chi connectivity index (χ0n) is 17.5. The van der Waals surface area contributed by atoms with Crippen LogP contribution in [0.2, 0.25) is 0 Å². The Kier molecular flexibility index (Phi) is 8.94. The van der Waals surface area contributed by atoms with Gasteiger partial charge < -0.3 is 9.47 Å². The highest BCUT2D eigenvalue weighted by Gasteiger charge is 2.37. The van der Waals surface area contributed by atoms with E-state index in [0.29, 0.717) is 3.53 Å². The van der Waals surface area contributed by atoms with Gasteiger partial charge in [-0.05, 0) is 38.8 Å². The van der Waals surface area contributed by atoms with E-state index in [9.17, 15) is 9.59 Å². The van der Waals surface area contributed by atoms with Crippen molar-refractivity contribution in [1.29, 1.82) is 0 Å². The Balaban J connectivity index is 1.85. The van der Waals surface area contributed by atoms with Crippen molar-refractivity contribution in [3.8, 4) is 0 Å². The Morgan fingerprint density at radius 1 is 0.733 bits per heavy atom. The predicted molar refractivity (Wildman–Crippen MR) is 128 cm³/mol. The van der Waals surface area contributed by atoms with E-state index in [1.165, 1.54) is 23.5 Å². The molecule has 0 N–H and O–H groups in total. The van der Waals surface area contributed by atoms with Gasteiger partial charge in [0.15, 0.2) is 0 Å². The van der Waals surface area contributed by atoms with E-state index in [4.69, 9.17) is 21.7 Å². The summed E-state index contributed by atoms with van der Waals surface area (Å²) in [6.07, 6.45) is 0. The summed E-state index contributed by atoms with van der Waals surface area (Å²) >= 11 is 7.89. The molecule has 0 fully saturated rings. The molecule has 0 atom stereocenters. The Bertz CT molecular complexity index is 793. The van der Waals surface area contributed by atoms with Crippen LogP contribution in [0.3, 0.4) is 0 Å². The summed E-state index contributed by atoms with van der Waals surface area (Å²) in [6, 6.07) is 19.0. The van der Waals surface area contributed by atoms with Gasteiger partial charge in [-0.1, -0.05) is 96.4 Å². The normalized spacial score (nSPS) is 11.6. The third-order valence-electron chi connectivity index (χ3n) is 4.09. The van der Waals surface area contributed by atoms with Gasteiger partial charge in [0.25, 0.3) is 0 Å². The molecule has 2 aromatic rings. The van der Waals surface area contributed by atoms with Crippen molar-refractivity contribution in [2.75, 3.05) is 0 Å². The number of carbonyl (C=O) groups is 2. The molecule has 0 aliphatic heterocycles. The number of benzene rings is 2. The van der Waals surface area contributed by atoms with Gasteiger partial charge >= 0.3 is 11.9 Å². The van der Waals surface area contributed by atoms with Crippen LogP contribution in [-0.2, 0) is 32.3 Å². The molecule has 0 bridgehead atoms. The van der Waals surface area contributed by atoms with Crippen molar-refractivity contribution in [3.63, 3.8) is 0 Å². The first-order valence-electron chi connectivity index (χ1n) is 9.44. The monoisotopic (exact) mass is 462 g/mol. The highest BCUT2D eigenvalue weighted by molar-refractivity contribution is 8.48. The number of thiocarbonyl (C=S) groups is 1. The molecule has 0 aliphatic carbocycles. The molecule has 0 aliphatic rings. The van der Waals surface area contributed by atoms with E-state index in [1.54, 1.807) is 27.7 Å². The highest BCUT2D eigenvalue weighted by atomic mass is 32.2. The van der Waals surface area contributed by atoms with Gasteiger partial charge in [-0.15, -0.1) is 0 Å². The van der Waals surface area contributed by atoms with Crippen molar-refractivity contribution < 1.29 is 19.1 Å². The summed E-state index contributed by atoms with van der Waals surface area (Å²) in [6.45, 7) is 7.47. The number of esters is 2. The summed E-state index contributed by atoms with van der Waals surface area (Å²) in [5.41, 5.74) is 1.84. The maximum atomic E-state index is 12.5. The zero-order valence-corrected chi connectivity index (χ0v) is 20.0. The maximum Gasteiger partial charge on any atom is 0.322 e. The Hall–Kier alpha value is -1.83. The second kappa shape index (κ2) is 11.0. The van der Waals surface area contributed by atoms with Gasteiger partial charge in [0, 0.05) is 0 Å². The van der Waals surface area contributed by atoms with Crippen molar-refractivity contribution in [2.45, 2.75) is 50.4 Å². The van der Waals surface area contributed by atoms with Crippen LogP contribution in [0.15, 0.2) is 60.7 Å². The van der Waals surface area contributed by atoms with E-state index >= 15 is 0 Å². The van der Waals surface area contributed by atoms with Gasteiger partial charge in [-0.25, -0.2) is 0 Å². The fourth-order valence-electron chi connectivity index (χ4n) is 2.31. The second-order valence-electron chi connectivity index (χ2n) is 7.60. The van der Waals surface area contributed by atoms with Crippen LogP contribution >= 0.6 is 35.7 Å². The summed E-state index contributed by atoms with van der Waals surface area (Å²) < 4.78 is 9.62. The molecule has 2 aromatic carbocycles. The average molecular weight is 463 g/mol. The van der Waals surface area contributed by atoms with Gasteiger partial charge in [0.2, 0.25) is 0 Å². The Morgan fingerprint density at radius 3 is 1.40 bits per heavy atom. The van der Waals surface area contributed by atoms with E-state index in [2.05, 4.69) is 0 Å². The van der Waals surface area contributed by atoms with Crippen molar-refractivity contribution in [2.24, 2.45) is 0 Å². The lowest BCUT2D eigenvalue weighted by molar-refractivity contribution is -0.147. The molecule has 4 nitrogen and oxygen atoms in total. The lowest BCUT2D eigenvalue weighted by atomic mass is 10.2. The Labute approximate surface area is 192 Å². The number of hydrogen-bond donors (Lipinski definition) is 0. The molecule has 30 heavy (non-hydrogen) atoms. The van der Waals surface area contributed by atoms with E-state index in [-0.39, 0.29) is 25.2 Å². The number of thioether (sulfide) groups is 2. The van der Waals surface area contributed by atoms with Crippen LogP contribution in [-0.4, -0.2) is 25.0 Å². The lowest BCUT2D eigenvalue weighted by Gasteiger charge is -2.26. The summed E-state index contributed by atoms with van der Waals surface area (Å²) in [5.74, 6) is -0.715. The number of ether oxygens (including phenoxy) is 2. The third-order valence-corrected chi connectivity index (χ3v) is 6.77. The molecular weight excluding hydrogens is 436 g/mol. The molecule has 0 radical (unpaired) electrons. The molecule has 160 valence electrons. The minimum Gasteiger partial charge on any atom is -0.460 e. The zero-order chi connectivity index (χ0) is 22.2. The van der Waals surface area contributed by atoms with Crippen LogP contribution in [0.25, 0.3) is 0 Å². The fourth-order valence-corrected chi connectivity index (χ4v) is 6.10. The van der Waals surface area contributed by atoms with Crippen molar-refractivity contribution in [1.82, 2.24) is 0 Å². The summed E-state index contributed by atoms with van der Waals surface area (Å²) in [4.78, 5) is 25.1. The van der Waals surface area contributed by atoms with Crippen LogP contribution in [0.4, 0.5) is 0 Å². The highest BCUT2D eigenvalue weighted by Crippen LogP contribution is 2.38. The minimum atomic E-state index is -0.872.